The summed E-state index contributed by atoms with van der Waals surface area (Å²) in [5.41, 5.74) is -11.9. The summed E-state index contributed by atoms with van der Waals surface area (Å²) in [6.45, 7) is 5.82. The maximum absolute atomic E-state index is 9.98. The molecular weight excluding hydrogens is 757 g/mol. The van der Waals surface area contributed by atoms with Crippen molar-refractivity contribution in [3.8, 4) is 56.2 Å². The van der Waals surface area contributed by atoms with Crippen LogP contribution in [0.4, 0.5) is 17.3 Å². The number of furan rings is 1. The maximum atomic E-state index is 9.98. The molecule has 0 radical (unpaired) electrons. The van der Waals surface area contributed by atoms with Gasteiger partial charge in [0.15, 0.2) is 11.6 Å². The molecule has 12 rings (SSSR count). The van der Waals surface area contributed by atoms with Crippen LogP contribution in [0.25, 0.3) is 78.1 Å². The standard InChI is InChI=1S/C57H42N4O/c1-56(2)46-24-12-9-20-42(46)51-47(56)25-15-26-48(51)61(38-31-28-36(29-32-38)35-16-6-5-7-17-35)55-59-53(37-30-33-50-44(34-37)40-19-10-13-27-49(40)62-50)58-54(60-55)43-22-14-21-41-39-18-8-11-23-45(39)57(3,4)52(41)43/h5-34H,1-4H3/i5D,6D,7D,8D,9D,10D,11D,12D,13D,14D,15D,16D,17D,18D,19D,20D,21D,22D,23D,24D,25D,26D,27D,28D,29D,30D,31D,32D,33D,34D. The Morgan fingerprint density at radius 1 is 0.452 bits per heavy atom. The van der Waals surface area contributed by atoms with Gasteiger partial charge in [0.2, 0.25) is 5.95 Å². The number of aromatic nitrogens is 3. The van der Waals surface area contributed by atoms with E-state index >= 15 is 0 Å². The van der Waals surface area contributed by atoms with Gasteiger partial charge in [-0.1, -0.05) is 167 Å². The molecule has 0 spiro atoms. The highest BCUT2D eigenvalue weighted by atomic mass is 16.3. The van der Waals surface area contributed by atoms with Gasteiger partial charge in [0.1, 0.15) is 11.2 Å². The Morgan fingerprint density at radius 2 is 1.05 bits per heavy atom. The third-order valence-electron chi connectivity index (χ3n) is 11.1. The predicted molar refractivity (Wildman–Crippen MR) is 253 cm³/mol. The average Bonchev–Trinajstić information content (AvgIpc) is 1.50. The molecule has 0 N–H and O–H groups in total. The molecule has 5 heteroatoms. The molecule has 10 aromatic rings. The highest BCUT2D eigenvalue weighted by Gasteiger charge is 2.40. The SMILES string of the molecule is [2H]c1c([2H])c([2H])c(-c2c([2H])c([2H])c(N(c3nc(-c4c([2H])c([2H])c([2H])c5c4C(C)(C)c4c([2H])c([2H])c([2H])c([2H])c4-5)nc(-c4c([2H])c([2H])c5oc6c([2H])c([2H])c([2H])c([2H])c6c5c4[2H])n3)c3c([2H])c([2H])c([2H])c4c3-c3c([2H])c([2H])c([2H])c([2H])c3C4(C)C)c([2H])c2[2H])c([2H])c1[2H]. The third-order valence-corrected chi connectivity index (χ3v) is 11.1. The van der Waals surface area contributed by atoms with Gasteiger partial charge in [-0.15, -0.1) is 0 Å². The molecule has 62 heavy (non-hydrogen) atoms. The summed E-state index contributed by atoms with van der Waals surface area (Å²) >= 11 is 0. The van der Waals surface area contributed by atoms with E-state index in [9.17, 15) is 21.9 Å². The van der Waals surface area contributed by atoms with Gasteiger partial charge in [-0.25, -0.2) is 4.98 Å². The maximum Gasteiger partial charge on any atom is 0.238 e. The summed E-state index contributed by atoms with van der Waals surface area (Å²) in [6, 6.07) is -26.2. The molecule has 0 aliphatic heterocycles. The topological polar surface area (TPSA) is 55.1 Å². The molecule has 2 aliphatic carbocycles. The summed E-state index contributed by atoms with van der Waals surface area (Å²) in [7, 11) is 0. The van der Waals surface area contributed by atoms with E-state index in [1.807, 2.05) is 0 Å². The lowest BCUT2D eigenvalue weighted by atomic mass is 9.80. The van der Waals surface area contributed by atoms with Crippen molar-refractivity contribution in [1.82, 2.24) is 15.0 Å². The lowest BCUT2D eigenvalue weighted by Gasteiger charge is -2.28. The predicted octanol–water partition coefficient (Wildman–Crippen LogP) is 14.9. The van der Waals surface area contributed by atoms with Gasteiger partial charge in [-0.2, -0.15) is 9.97 Å². The lowest BCUT2D eigenvalue weighted by molar-refractivity contribution is 0.660. The van der Waals surface area contributed by atoms with Crippen molar-refractivity contribution in [2.24, 2.45) is 0 Å². The van der Waals surface area contributed by atoms with Crippen molar-refractivity contribution >= 4 is 39.3 Å². The van der Waals surface area contributed by atoms with Gasteiger partial charge >= 0.3 is 0 Å². The van der Waals surface area contributed by atoms with E-state index in [1.54, 1.807) is 0 Å². The molecule has 0 atom stereocenters. The van der Waals surface area contributed by atoms with Crippen LogP contribution in [0.3, 0.4) is 0 Å². The van der Waals surface area contributed by atoms with E-state index in [0.717, 1.165) is 0 Å². The molecule has 2 heterocycles. The zero-order valence-electron chi connectivity index (χ0n) is 62.7. The van der Waals surface area contributed by atoms with Crippen LogP contribution in [-0.2, 0) is 10.8 Å². The van der Waals surface area contributed by atoms with Crippen LogP contribution in [0.1, 0.15) is 91.1 Å². The third kappa shape index (κ3) is 5.37. The summed E-state index contributed by atoms with van der Waals surface area (Å²) in [6.07, 6.45) is 0. The highest BCUT2D eigenvalue weighted by molar-refractivity contribution is 6.06. The zero-order valence-corrected chi connectivity index (χ0v) is 32.7. The van der Waals surface area contributed by atoms with Crippen LogP contribution in [0.15, 0.2) is 186 Å². The minimum absolute atomic E-state index is 0.126. The van der Waals surface area contributed by atoms with Gasteiger partial charge in [0, 0.05) is 44.0 Å². The Labute approximate surface area is 403 Å². The van der Waals surface area contributed by atoms with Gasteiger partial charge in [0.05, 0.1) is 46.8 Å². The van der Waals surface area contributed by atoms with Crippen molar-refractivity contribution < 1.29 is 45.5 Å². The van der Waals surface area contributed by atoms with E-state index in [4.69, 9.17) is 38.6 Å². The summed E-state index contributed by atoms with van der Waals surface area (Å²) in [5.74, 6) is -2.88. The molecule has 0 fully saturated rings. The van der Waals surface area contributed by atoms with Crippen LogP contribution in [0, 0.1) is 0 Å². The van der Waals surface area contributed by atoms with Crippen molar-refractivity contribution in [2.75, 3.05) is 4.90 Å². The lowest BCUT2D eigenvalue weighted by Crippen LogP contribution is -2.19. The van der Waals surface area contributed by atoms with Crippen LogP contribution in [-0.4, -0.2) is 15.0 Å². The number of para-hydroxylation sites is 1. The molecule has 0 bridgehead atoms. The summed E-state index contributed by atoms with van der Waals surface area (Å²) in [5, 5.41) is -0.969. The van der Waals surface area contributed by atoms with Gasteiger partial charge in [0.25, 0.3) is 0 Å². The molecule has 0 saturated heterocycles. The molecule has 8 aromatic carbocycles. The Morgan fingerprint density at radius 3 is 1.87 bits per heavy atom. The Hall–Kier alpha value is -7.63. The highest BCUT2D eigenvalue weighted by Crippen LogP contribution is 2.55. The van der Waals surface area contributed by atoms with Crippen LogP contribution >= 0.6 is 0 Å². The number of anilines is 3. The number of hydrogen-bond donors (Lipinski definition) is 0. The van der Waals surface area contributed by atoms with Crippen LogP contribution in [0.5, 0.6) is 0 Å². The number of benzene rings is 8. The van der Waals surface area contributed by atoms with Crippen molar-refractivity contribution in [3.63, 3.8) is 0 Å². The Bertz CT molecular complexity index is 5140. The molecule has 0 saturated carbocycles. The molecular formula is C57H42N4O. The first kappa shape index (κ1) is 17.0. The Balaban J connectivity index is 1.34. The number of hydrogen-bond acceptors (Lipinski definition) is 5. The fourth-order valence-electron chi connectivity index (χ4n) is 8.18. The second-order valence-electron chi connectivity index (χ2n) is 15.3. The minimum Gasteiger partial charge on any atom is -0.456 e. The first-order valence-electron chi connectivity index (χ1n) is 33.9. The normalized spacial score (nSPS) is 20.8. The van der Waals surface area contributed by atoms with Crippen LogP contribution < -0.4 is 4.90 Å². The molecule has 0 unspecified atom stereocenters. The number of rotatable bonds is 6. The first-order valence-corrected chi connectivity index (χ1v) is 18.9. The molecule has 2 aromatic heterocycles. The fraction of sp³-hybridized carbons (Fsp3) is 0.105. The smallest absolute Gasteiger partial charge is 0.238 e. The van der Waals surface area contributed by atoms with Gasteiger partial charge < -0.3 is 4.42 Å². The quantitative estimate of drug-likeness (QED) is 0.167. The molecule has 0 amide bonds. The van der Waals surface area contributed by atoms with E-state index in [-0.39, 0.29) is 33.4 Å². The molecule has 296 valence electrons. The summed E-state index contributed by atoms with van der Waals surface area (Å²) in [4.78, 5) is 14.9. The van der Waals surface area contributed by atoms with E-state index in [2.05, 4.69) is 0 Å². The molecule has 5 nitrogen and oxygen atoms in total. The van der Waals surface area contributed by atoms with E-state index in [0.29, 0.717) is 4.90 Å². The second-order valence-corrected chi connectivity index (χ2v) is 15.3. The van der Waals surface area contributed by atoms with Crippen molar-refractivity contribution in [3.05, 3.63) is 204 Å². The summed E-state index contributed by atoms with van der Waals surface area (Å²) < 4.78 is 281. The number of fused-ring (bicyclic) bond motifs is 9. The van der Waals surface area contributed by atoms with Crippen molar-refractivity contribution in [1.29, 1.82) is 0 Å². The van der Waals surface area contributed by atoms with Gasteiger partial charge in [-0.3, -0.25) is 4.90 Å². The monoisotopic (exact) mass is 829 g/mol. The zero-order chi connectivity index (χ0) is 67.9. The first-order chi connectivity index (χ1) is 42.7. The van der Waals surface area contributed by atoms with E-state index in [1.165, 1.54) is 27.7 Å². The number of nitrogens with zero attached hydrogens (tertiary/aromatic N) is 4. The average molecular weight is 829 g/mol. The largest absolute Gasteiger partial charge is 0.456 e. The Kier molecular flexibility index (Phi) is 3.69. The minimum atomic E-state index is -1.74. The fourth-order valence-corrected chi connectivity index (χ4v) is 8.18. The molecule has 2 aliphatic rings. The van der Waals surface area contributed by atoms with Crippen molar-refractivity contribution in [2.45, 2.75) is 38.5 Å². The van der Waals surface area contributed by atoms with Crippen LogP contribution in [0.2, 0.25) is 0 Å². The van der Waals surface area contributed by atoms with Gasteiger partial charge in [-0.05, 0) is 92.4 Å². The second kappa shape index (κ2) is 13.4. The van der Waals surface area contributed by atoms with E-state index < -0.39 is 276 Å².